The zero-order chi connectivity index (χ0) is 20.1. The molecule has 0 bridgehead atoms. The first-order chi connectivity index (χ1) is 12.7. The van der Waals surface area contributed by atoms with Crippen molar-refractivity contribution < 1.29 is 17.7 Å². The third-order valence-corrected chi connectivity index (χ3v) is 4.88. The van der Waals surface area contributed by atoms with Crippen molar-refractivity contribution in [3.63, 3.8) is 0 Å². The molecule has 2 aromatic rings. The molecule has 0 saturated carbocycles. The fraction of sp³-hybridized carbons (Fsp3) is 0.368. The van der Waals surface area contributed by atoms with Crippen LogP contribution in [0.1, 0.15) is 31.2 Å². The Kier molecular flexibility index (Phi) is 7.01. The second-order valence-electron chi connectivity index (χ2n) is 6.13. The monoisotopic (exact) mass is 395 g/mol. The maximum Gasteiger partial charge on any atom is 0.230 e. The molecule has 2 rings (SSSR count). The lowest BCUT2D eigenvalue weighted by molar-refractivity contribution is 0.210. The first-order valence-corrected chi connectivity index (χ1v) is 9.99. The van der Waals surface area contributed by atoms with Crippen molar-refractivity contribution in [1.29, 1.82) is 0 Å². The predicted octanol–water partition coefficient (Wildman–Crippen LogP) is 4.16. The van der Waals surface area contributed by atoms with Crippen LogP contribution in [0.3, 0.4) is 0 Å². The van der Waals surface area contributed by atoms with Gasteiger partial charge in [-0.3, -0.25) is 4.21 Å². The van der Waals surface area contributed by atoms with E-state index >= 15 is 0 Å². The van der Waals surface area contributed by atoms with Crippen molar-refractivity contribution in [2.24, 2.45) is 4.99 Å². The van der Waals surface area contributed by atoms with Crippen molar-refractivity contribution in [3.8, 4) is 5.88 Å². The maximum atomic E-state index is 13.5. The van der Waals surface area contributed by atoms with Crippen LogP contribution in [0.4, 0.5) is 14.5 Å². The molecule has 1 heterocycles. The van der Waals surface area contributed by atoms with Crippen LogP contribution in [0.25, 0.3) is 0 Å². The highest BCUT2D eigenvalue weighted by molar-refractivity contribution is 7.84. The van der Waals surface area contributed by atoms with E-state index in [1.165, 1.54) is 18.4 Å². The minimum atomic E-state index is -1.38. The molecule has 2 atom stereocenters. The molecule has 8 heteroatoms. The summed E-state index contributed by atoms with van der Waals surface area (Å²) in [5.74, 6) is -1.21. The highest BCUT2D eigenvalue weighted by Crippen LogP contribution is 2.31. The summed E-state index contributed by atoms with van der Waals surface area (Å²) in [5.41, 5.74) is 1.50. The van der Waals surface area contributed by atoms with E-state index in [1.54, 1.807) is 26.3 Å². The number of nitrogens with zero attached hydrogens (tertiary/aromatic N) is 3. The summed E-state index contributed by atoms with van der Waals surface area (Å²) < 4.78 is 44.8. The molecule has 1 aromatic carbocycles. The first-order valence-electron chi connectivity index (χ1n) is 8.43. The molecular weight excluding hydrogens is 372 g/mol. The number of ether oxygens (including phenoxy) is 1. The molecule has 0 radical (unpaired) electrons. The van der Waals surface area contributed by atoms with Crippen molar-refractivity contribution in [1.82, 2.24) is 9.88 Å². The van der Waals surface area contributed by atoms with Gasteiger partial charge in [0.2, 0.25) is 5.88 Å². The predicted molar refractivity (Wildman–Crippen MR) is 103 cm³/mol. The molecule has 1 aromatic heterocycles. The van der Waals surface area contributed by atoms with Gasteiger partial charge in [-0.25, -0.2) is 18.8 Å². The molecule has 27 heavy (non-hydrogen) atoms. The number of benzene rings is 1. The summed E-state index contributed by atoms with van der Waals surface area (Å²) in [6, 6.07) is 4.85. The number of hydrogen-bond donors (Lipinski definition) is 0. The van der Waals surface area contributed by atoms with Crippen molar-refractivity contribution in [2.75, 3.05) is 19.8 Å². The zero-order valence-corrected chi connectivity index (χ0v) is 16.8. The van der Waals surface area contributed by atoms with E-state index in [2.05, 4.69) is 9.98 Å². The SMILES string of the molecule is CCN(C)C=Nc1cc(S(C)=O)c(OC(C)c2cc(F)cc(F)c2)nc1C. The topological polar surface area (TPSA) is 54.8 Å². The summed E-state index contributed by atoms with van der Waals surface area (Å²) in [6.07, 6.45) is 2.51. The average molecular weight is 395 g/mol. The number of rotatable bonds is 7. The molecule has 146 valence electrons. The van der Waals surface area contributed by atoms with E-state index in [1.807, 2.05) is 18.9 Å². The number of aliphatic imine (C=N–C) groups is 1. The molecule has 0 aliphatic heterocycles. The quantitative estimate of drug-likeness (QED) is 0.522. The Balaban J connectivity index is 2.37. The number of aromatic nitrogens is 1. The van der Waals surface area contributed by atoms with Crippen molar-refractivity contribution in [3.05, 3.63) is 47.2 Å². The molecule has 0 N–H and O–H groups in total. The Hall–Kier alpha value is -2.35. The van der Waals surface area contributed by atoms with Crippen LogP contribution in [-0.2, 0) is 10.8 Å². The minimum absolute atomic E-state index is 0.160. The second-order valence-corrected chi connectivity index (χ2v) is 7.48. The zero-order valence-electron chi connectivity index (χ0n) is 16.0. The normalized spacial score (nSPS) is 13.6. The summed E-state index contributed by atoms with van der Waals surface area (Å²) in [6.45, 7) is 6.21. The fourth-order valence-electron chi connectivity index (χ4n) is 2.26. The van der Waals surface area contributed by atoms with Crippen LogP contribution in [0.2, 0.25) is 0 Å². The summed E-state index contributed by atoms with van der Waals surface area (Å²) in [5, 5.41) is 0. The molecule has 0 fully saturated rings. The van der Waals surface area contributed by atoms with Gasteiger partial charge in [0, 0.05) is 25.9 Å². The third-order valence-electron chi connectivity index (χ3n) is 3.96. The smallest absolute Gasteiger partial charge is 0.230 e. The average Bonchev–Trinajstić information content (AvgIpc) is 2.59. The lowest BCUT2D eigenvalue weighted by Gasteiger charge is -2.17. The Labute approximate surface area is 160 Å². The van der Waals surface area contributed by atoms with Gasteiger partial charge < -0.3 is 9.64 Å². The molecule has 5 nitrogen and oxygen atoms in total. The number of pyridine rings is 1. The van der Waals surface area contributed by atoms with E-state index in [4.69, 9.17) is 4.74 Å². The first kappa shape index (κ1) is 21.0. The van der Waals surface area contributed by atoms with Gasteiger partial charge >= 0.3 is 0 Å². The molecule has 0 spiro atoms. The van der Waals surface area contributed by atoms with Gasteiger partial charge in [-0.2, -0.15) is 0 Å². The van der Waals surface area contributed by atoms with Crippen molar-refractivity contribution in [2.45, 2.75) is 31.8 Å². The Morgan fingerprint density at radius 2 is 1.93 bits per heavy atom. The molecule has 0 amide bonds. The summed E-state index contributed by atoms with van der Waals surface area (Å²) in [4.78, 5) is 11.0. The molecule has 0 aliphatic carbocycles. The Morgan fingerprint density at radius 3 is 2.48 bits per heavy atom. The number of hydrogen-bond acceptors (Lipinski definition) is 4. The van der Waals surface area contributed by atoms with Gasteiger partial charge in [-0.1, -0.05) is 0 Å². The molecular formula is C19H23F2N3O2S. The van der Waals surface area contributed by atoms with E-state index in [-0.39, 0.29) is 5.88 Å². The fourth-order valence-corrected chi connectivity index (χ4v) is 2.88. The standard InChI is InChI=1S/C19H23F2N3O2S/c1-6-24(4)11-22-17-10-18(27(5)25)19(23-12(17)2)26-13(3)14-7-15(20)9-16(21)8-14/h7-11,13H,6H2,1-5H3. The van der Waals surface area contributed by atoms with Crippen LogP contribution in [-0.4, -0.2) is 40.3 Å². The summed E-state index contributed by atoms with van der Waals surface area (Å²) in [7, 11) is 0.511. The van der Waals surface area contributed by atoms with E-state index in [9.17, 15) is 13.0 Å². The Morgan fingerprint density at radius 1 is 1.30 bits per heavy atom. The molecule has 0 saturated heterocycles. The number of aryl methyl sites for hydroxylation is 1. The van der Waals surface area contributed by atoms with Crippen LogP contribution in [0.5, 0.6) is 5.88 Å². The lowest BCUT2D eigenvalue weighted by Crippen LogP contribution is -2.14. The van der Waals surface area contributed by atoms with Gasteiger partial charge in [0.05, 0.1) is 28.5 Å². The highest BCUT2D eigenvalue weighted by Gasteiger charge is 2.18. The van der Waals surface area contributed by atoms with Gasteiger partial charge in [0.25, 0.3) is 0 Å². The van der Waals surface area contributed by atoms with E-state index in [0.29, 0.717) is 21.8 Å². The number of halogens is 2. The third kappa shape index (κ3) is 5.56. The van der Waals surface area contributed by atoms with Gasteiger partial charge in [0.15, 0.2) is 0 Å². The van der Waals surface area contributed by atoms with E-state index in [0.717, 1.165) is 12.6 Å². The second kappa shape index (κ2) is 9.03. The van der Waals surface area contributed by atoms with Crippen LogP contribution in [0.15, 0.2) is 34.2 Å². The highest BCUT2D eigenvalue weighted by atomic mass is 32.2. The van der Waals surface area contributed by atoms with Gasteiger partial charge in [-0.15, -0.1) is 0 Å². The largest absolute Gasteiger partial charge is 0.469 e. The van der Waals surface area contributed by atoms with Crippen LogP contribution in [0, 0.1) is 18.6 Å². The van der Waals surface area contributed by atoms with Gasteiger partial charge in [-0.05, 0) is 44.5 Å². The maximum absolute atomic E-state index is 13.5. The van der Waals surface area contributed by atoms with Gasteiger partial charge in [0.1, 0.15) is 22.6 Å². The van der Waals surface area contributed by atoms with Crippen LogP contribution < -0.4 is 4.74 Å². The lowest BCUT2D eigenvalue weighted by atomic mass is 10.1. The summed E-state index contributed by atoms with van der Waals surface area (Å²) >= 11 is 0. The van der Waals surface area contributed by atoms with E-state index < -0.39 is 28.5 Å². The molecule has 0 aliphatic rings. The molecule has 2 unspecified atom stereocenters. The van der Waals surface area contributed by atoms with Crippen molar-refractivity contribution >= 4 is 22.8 Å². The minimum Gasteiger partial charge on any atom is -0.469 e. The Bertz CT molecular complexity index is 854. The van der Waals surface area contributed by atoms with Crippen LogP contribution >= 0.6 is 0 Å².